The molecule has 2 N–H and O–H groups in total. The van der Waals surface area contributed by atoms with E-state index in [1.54, 1.807) is 6.07 Å². The fourth-order valence-corrected chi connectivity index (χ4v) is 0.743. The molecule has 0 aliphatic carbocycles. The number of aryl methyl sites for hydroxylation is 1. The van der Waals surface area contributed by atoms with Crippen LogP contribution in [0.1, 0.15) is 12.5 Å². The molecule has 0 fully saturated rings. The van der Waals surface area contributed by atoms with Gasteiger partial charge in [-0.3, -0.25) is 0 Å². The first-order valence-corrected chi connectivity index (χ1v) is 3.12. The highest BCUT2D eigenvalue weighted by molar-refractivity contribution is 5.28. The first-order chi connectivity index (χ1) is 4.74. The summed E-state index contributed by atoms with van der Waals surface area (Å²) in [5.74, 6) is -0.225. The molecule has 0 atom stereocenters. The third-order valence-electron chi connectivity index (χ3n) is 1.32. The van der Waals surface area contributed by atoms with Gasteiger partial charge in [0.05, 0.1) is 0 Å². The summed E-state index contributed by atoms with van der Waals surface area (Å²) in [5.41, 5.74) is 0.748. The molecule has 3 heteroatoms. The Morgan fingerprint density at radius 3 is 2.60 bits per heavy atom. The Bertz CT molecular complexity index is 235. The van der Waals surface area contributed by atoms with Gasteiger partial charge in [-0.1, -0.05) is 6.92 Å². The maximum Gasteiger partial charge on any atom is 0.217 e. The SMILES string of the molecule is CCc1ccc(O)nc1O. The van der Waals surface area contributed by atoms with Crippen molar-refractivity contribution in [3.63, 3.8) is 0 Å². The van der Waals surface area contributed by atoms with Crippen molar-refractivity contribution >= 4 is 0 Å². The summed E-state index contributed by atoms with van der Waals surface area (Å²) >= 11 is 0. The summed E-state index contributed by atoms with van der Waals surface area (Å²) < 4.78 is 0. The van der Waals surface area contributed by atoms with Gasteiger partial charge in [-0.05, 0) is 12.5 Å². The zero-order chi connectivity index (χ0) is 7.56. The molecule has 0 unspecified atom stereocenters. The highest BCUT2D eigenvalue weighted by Crippen LogP contribution is 2.17. The highest BCUT2D eigenvalue weighted by atomic mass is 16.3. The predicted molar refractivity (Wildman–Crippen MR) is 36.9 cm³/mol. The first-order valence-electron chi connectivity index (χ1n) is 3.12. The van der Waals surface area contributed by atoms with Gasteiger partial charge in [0.25, 0.3) is 0 Å². The minimum Gasteiger partial charge on any atom is -0.493 e. The van der Waals surface area contributed by atoms with Crippen LogP contribution in [0.25, 0.3) is 0 Å². The van der Waals surface area contributed by atoms with Gasteiger partial charge < -0.3 is 10.2 Å². The largest absolute Gasteiger partial charge is 0.493 e. The maximum atomic E-state index is 9.02. The molecule has 0 amide bonds. The predicted octanol–water partition coefficient (Wildman–Crippen LogP) is 1.06. The van der Waals surface area contributed by atoms with E-state index in [2.05, 4.69) is 4.98 Å². The average molecular weight is 139 g/mol. The lowest BCUT2D eigenvalue weighted by Crippen LogP contribution is -1.83. The fraction of sp³-hybridized carbons (Fsp3) is 0.286. The quantitative estimate of drug-likeness (QED) is 0.611. The smallest absolute Gasteiger partial charge is 0.217 e. The van der Waals surface area contributed by atoms with Crippen LogP contribution in [0, 0.1) is 0 Å². The van der Waals surface area contributed by atoms with Crippen molar-refractivity contribution in [3.8, 4) is 11.8 Å². The molecule has 1 heterocycles. The molecule has 1 rings (SSSR count). The molecule has 0 radical (unpaired) electrons. The van der Waals surface area contributed by atoms with E-state index < -0.39 is 0 Å². The Kier molecular flexibility index (Phi) is 1.76. The van der Waals surface area contributed by atoms with Crippen LogP contribution in [0.5, 0.6) is 11.8 Å². The van der Waals surface area contributed by atoms with Crippen LogP contribution in [-0.2, 0) is 6.42 Å². The summed E-state index contributed by atoms with van der Waals surface area (Å²) in [5, 5.41) is 17.8. The minimum absolute atomic E-state index is 0.0810. The second kappa shape index (κ2) is 2.56. The molecule has 0 spiro atoms. The van der Waals surface area contributed by atoms with Crippen molar-refractivity contribution in [3.05, 3.63) is 17.7 Å². The number of hydrogen-bond donors (Lipinski definition) is 2. The van der Waals surface area contributed by atoms with E-state index in [4.69, 9.17) is 10.2 Å². The normalized spacial score (nSPS) is 9.70. The Labute approximate surface area is 59.0 Å². The van der Waals surface area contributed by atoms with Gasteiger partial charge in [0, 0.05) is 11.6 Å². The van der Waals surface area contributed by atoms with Gasteiger partial charge in [-0.15, -0.1) is 0 Å². The fourth-order valence-electron chi connectivity index (χ4n) is 0.743. The Hall–Kier alpha value is -1.25. The second-order valence-corrected chi connectivity index (χ2v) is 2.01. The van der Waals surface area contributed by atoms with Gasteiger partial charge in [0.2, 0.25) is 11.8 Å². The Balaban J connectivity index is 3.07. The van der Waals surface area contributed by atoms with Crippen LogP contribution in [0.3, 0.4) is 0 Å². The Morgan fingerprint density at radius 2 is 2.10 bits per heavy atom. The number of nitrogens with zero attached hydrogens (tertiary/aromatic N) is 1. The lowest BCUT2D eigenvalue weighted by atomic mass is 10.2. The molecule has 0 saturated carbocycles. The van der Waals surface area contributed by atoms with Gasteiger partial charge in [0.1, 0.15) is 0 Å². The zero-order valence-electron chi connectivity index (χ0n) is 5.70. The topological polar surface area (TPSA) is 53.4 Å². The highest BCUT2D eigenvalue weighted by Gasteiger charge is 1.99. The van der Waals surface area contributed by atoms with Crippen LogP contribution in [0.15, 0.2) is 12.1 Å². The minimum atomic E-state index is -0.144. The van der Waals surface area contributed by atoms with Crippen LogP contribution >= 0.6 is 0 Å². The van der Waals surface area contributed by atoms with Crippen molar-refractivity contribution in [2.75, 3.05) is 0 Å². The summed E-state index contributed by atoms with van der Waals surface area (Å²) in [6.07, 6.45) is 0.721. The summed E-state index contributed by atoms with van der Waals surface area (Å²) in [7, 11) is 0. The molecule has 54 valence electrons. The van der Waals surface area contributed by atoms with E-state index in [-0.39, 0.29) is 11.8 Å². The third-order valence-corrected chi connectivity index (χ3v) is 1.32. The van der Waals surface area contributed by atoms with Crippen LogP contribution < -0.4 is 0 Å². The molecule has 0 aromatic carbocycles. The van der Waals surface area contributed by atoms with Crippen molar-refractivity contribution < 1.29 is 10.2 Å². The molecular formula is C7H9NO2. The van der Waals surface area contributed by atoms with Crippen molar-refractivity contribution in [1.29, 1.82) is 0 Å². The molecule has 3 nitrogen and oxygen atoms in total. The van der Waals surface area contributed by atoms with E-state index in [9.17, 15) is 0 Å². The molecule has 0 saturated heterocycles. The lowest BCUT2D eigenvalue weighted by molar-refractivity contribution is 0.409. The molecule has 1 aromatic heterocycles. The van der Waals surface area contributed by atoms with Gasteiger partial charge in [0.15, 0.2) is 0 Å². The molecule has 1 aromatic rings. The zero-order valence-corrected chi connectivity index (χ0v) is 5.70. The third kappa shape index (κ3) is 1.18. The van der Waals surface area contributed by atoms with Crippen LogP contribution in [0.4, 0.5) is 0 Å². The number of pyridine rings is 1. The van der Waals surface area contributed by atoms with Crippen molar-refractivity contribution in [1.82, 2.24) is 4.98 Å². The lowest BCUT2D eigenvalue weighted by Gasteiger charge is -1.98. The van der Waals surface area contributed by atoms with Gasteiger partial charge in [-0.25, -0.2) is 0 Å². The number of aromatic nitrogens is 1. The maximum absolute atomic E-state index is 9.02. The molecule has 10 heavy (non-hydrogen) atoms. The number of hydrogen-bond acceptors (Lipinski definition) is 3. The molecule has 0 aliphatic rings. The van der Waals surface area contributed by atoms with E-state index in [0.717, 1.165) is 12.0 Å². The molecule has 0 aliphatic heterocycles. The number of rotatable bonds is 1. The standard InChI is InChI=1S/C7H9NO2/c1-2-5-3-4-6(9)8-7(5)10/h3-4H,2H2,1H3,(H2,8,9,10). The Morgan fingerprint density at radius 1 is 1.40 bits per heavy atom. The summed E-state index contributed by atoms with van der Waals surface area (Å²) in [6.45, 7) is 1.91. The first kappa shape index (κ1) is 6.86. The molecular weight excluding hydrogens is 130 g/mol. The molecule has 0 bridgehead atoms. The monoisotopic (exact) mass is 139 g/mol. The summed E-state index contributed by atoms with van der Waals surface area (Å²) in [6, 6.07) is 3.11. The van der Waals surface area contributed by atoms with E-state index in [0.29, 0.717) is 0 Å². The van der Waals surface area contributed by atoms with Gasteiger partial charge in [-0.2, -0.15) is 4.98 Å². The number of aromatic hydroxyl groups is 2. The van der Waals surface area contributed by atoms with E-state index in [1.165, 1.54) is 6.07 Å². The van der Waals surface area contributed by atoms with Gasteiger partial charge >= 0.3 is 0 Å². The average Bonchev–Trinajstić information content (AvgIpc) is 1.88. The van der Waals surface area contributed by atoms with Crippen molar-refractivity contribution in [2.24, 2.45) is 0 Å². The van der Waals surface area contributed by atoms with Crippen molar-refractivity contribution in [2.45, 2.75) is 13.3 Å². The van der Waals surface area contributed by atoms with Crippen LogP contribution in [-0.4, -0.2) is 15.2 Å². The second-order valence-electron chi connectivity index (χ2n) is 2.01. The van der Waals surface area contributed by atoms with E-state index >= 15 is 0 Å². The summed E-state index contributed by atoms with van der Waals surface area (Å²) in [4.78, 5) is 3.46. The van der Waals surface area contributed by atoms with E-state index in [1.807, 2.05) is 6.92 Å². The van der Waals surface area contributed by atoms with Crippen LogP contribution in [0.2, 0.25) is 0 Å².